The summed E-state index contributed by atoms with van der Waals surface area (Å²) < 4.78 is 46.4. The molecule has 84 valence electrons. The fourth-order valence-electron chi connectivity index (χ4n) is 1.04. The number of hydrogen-bond donors (Lipinski definition) is 2. The Morgan fingerprint density at radius 1 is 1.47 bits per heavy atom. The molecule has 0 atom stereocenters. The van der Waals surface area contributed by atoms with E-state index < -0.39 is 32.6 Å². The summed E-state index contributed by atoms with van der Waals surface area (Å²) in [5.74, 6) is 0. The molecule has 0 fully saturated rings. The number of aromatic nitrogens is 1. The highest BCUT2D eigenvalue weighted by molar-refractivity contribution is 7.89. The number of pyridine rings is 1. The van der Waals surface area contributed by atoms with E-state index in [-0.39, 0.29) is 5.56 Å². The maximum absolute atomic E-state index is 12.2. The normalized spacial score (nSPS) is 12.1. The third-order valence-corrected chi connectivity index (χ3v) is 2.83. The predicted octanol–water partition coefficient (Wildman–Crippen LogP) is 0.268. The van der Waals surface area contributed by atoms with Crippen LogP contribution in [0.15, 0.2) is 15.8 Å². The van der Waals surface area contributed by atoms with E-state index in [1.807, 2.05) is 4.98 Å². The molecule has 1 aromatic rings. The van der Waals surface area contributed by atoms with Gasteiger partial charge in [0.05, 0.1) is 10.6 Å². The number of alkyl halides is 2. The number of nitrogens with two attached hydrogens (primary N) is 1. The van der Waals surface area contributed by atoms with Crippen LogP contribution < -0.4 is 10.7 Å². The molecule has 5 nitrogen and oxygen atoms in total. The first-order valence-electron chi connectivity index (χ1n) is 3.78. The van der Waals surface area contributed by atoms with Crippen molar-refractivity contribution in [1.82, 2.24) is 4.98 Å². The average molecular weight is 238 g/mol. The monoisotopic (exact) mass is 238 g/mol. The predicted molar refractivity (Wildman–Crippen MR) is 48.1 cm³/mol. The average Bonchev–Trinajstić information content (AvgIpc) is 2.06. The number of halogens is 2. The first-order valence-corrected chi connectivity index (χ1v) is 5.33. The third kappa shape index (κ3) is 2.39. The second kappa shape index (κ2) is 3.70. The summed E-state index contributed by atoms with van der Waals surface area (Å²) in [7, 11) is -4.17. The van der Waals surface area contributed by atoms with Crippen LogP contribution in [-0.4, -0.2) is 13.4 Å². The molecule has 0 bridgehead atoms. The van der Waals surface area contributed by atoms with E-state index >= 15 is 0 Å². The summed E-state index contributed by atoms with van der Waals surface area (Å²) in [6, 6.07) is 0.663. The van der Waals surface area contributed by atoms with Crippen molar-refractivity contribution in [2.45, 2.75) is 18.2 Å². The van der Waals surface area contributed by atoms with Gasteiger partial charge in [-0.25, -0.2) is 22.3 Å². The highest BCUT2D eigenvalue weighted by atomic mass is 32.2. The molecule has 1 aromatic heterocycles. The van der Waals surface area contributed by atoms with Crippen LogP contribution in [0.1, 0.15) is 17.7 Å². The van der Waals surface area contributed by atoms with Gasteiger partial charge in [-0.15, -0.1) is 0 Å². The minimum atomic E-state index is -4.17. The molecule has 8 heteroatoms. The molecule has 0 saturated carbocycles. The molecule has 0 aliphatic rings. The van der Waals surface area contributed by atoms with Crippen molar-refractivity contribution in [3.8, 4) is 0 Å². The van der Waals surface area contributed by atoms with Gasteiger partial charge >= 0.3 is 0 Å². The first kappa shape index (κ1) is 11.8. The zero-order chi connectivity index (χ0) is 11.8. The molecular formula is C7H8F2N2O3S. The second-order valence-electron chi connectivity index (χ2n) is 2.89. The van der Waals surface area contributed by atoms with E-state index in [1.54, 1.807) is 0 Å². The van der Waals surface area contributed by atoms with Gasteiger partial charge in [-0.2, -0.15) is 0 Å². The van der Waals surface area contributed by atoms with Gasteiger partial charge in [-0.1, -0.05) is 0 Å². The van der Waals surface area contributed by atoms with Crippen LogP contribution in [0.3, 0.4) is 0 Å². The van der Waals surface area contributed by atoms with Crippen LogP contribution in [0.4, 0.5) is 8.78 Å². The molecule has 0 unspecified atom stereocenters. The van der Waals surface area contributed by atoms with Crippen LogP contribution in [-0.2, 0) is 10.0 Å². The molecule has 15 heavy (non-hydrogen) atoms. The van der Waals surface area contributed by atoms with Crippen molar-refractivity contribution < 1.29 is 17.2 Å². The first-order chi connectivity index (χ1) is 6.73. The van der Waals surface area contributed by atoms with E-state index in [4.69, 9.17) is 5.14 Å². The van der Waals surface area contributed by atoms with Gasteiger partial charge in [-0.05, 0) is 13.0 Å². The van der Waals surface area contributed by atoms with Gasteiger partial charge in [0.2, 0.25) is 10.0 Å². The Hall–Kier alpha value is -1.28. The second-order valence-corrected chi connectivity index (χ2v) is 4.42. The van der Waals surface area contributed by atoms with Crippen molar-refractivity contribution in [2.75, 3.05) is 0 Å². The lowest BCUT2D eigenvalue weighted by Gasteiger charge is -2.05. The number of primary sulfonamides is 1. The topological polar surface area (TPSA) is 93.0 Å². The van der Waals surface area contributed by atoms with E-state index in [1.165, 1.54) is 6.92 Å². The number of nitrogens with one attached hydrogen (secondary N) is 1. The number of hydrogen-bond acceptors (Lipinski definition) is 3. The number of aromatic amines is 1. The highest BCUT2D eigenvalue weighted by Gasteiger charge is 2.18. The van der Waals surface area contributed by atoms with Crippen LogP contribution in [0.5, 0.6) is 0 Å². The SMILES string of the molecule is Cc1c(S(N)(=O)=O)cc(C(F)F)[nH]c1=O. The number of rotatable bonds is 2. The zero-order valence-corrected chi connectivity index (χ0v) is 8.44. The van der Waals surface area contributed by atoms with Crippen molar-refractivity contribution in [3.63, 3.8) is 0 Å². The molecule has 0 aromatic carbocycles. The quantitative estimate of drug-likeness (QED) is 0.774. The van der Waals surface area contributed by atoms with Crippen molar-refractivity contribution in [2.24, 2.45) is 5.14 Å². The van der Waals surface area contributed by atoms with E-state index in [2.05, 4.69) is 0 Å². The summed E-state index contributed by atoms with van der Waals surface area (Å²) in [5.41, 5.74) is -1.87. The van der Waals surface area contributed by atoms with E-state index in [0.29, 0.717) is 6.07 Å². The molecule has 0 aliphatic carbocycles. The van der Waals surface area contributed by atoms with Crippen LogP contribution >= 0.6 is 0 Å². The highest BCUT2D eigenvalue weighted by Crippen LogP contribution is 2.18. The smallest absolute Gasteiger partial charge is 0.278 e. The Kier molecular flexibility index (Phi) is 2.91. The van der Waals surface area contributed by atoms with Gasteiger partial charge in [-0.3, -0.25) is 4.79 Å². The molecule has 1 heterocycles. The molecule has 3 N–H and O–H groups in total. The lowest BCUT2D eigenvalue weighted by Crippen LogP contribution is -2.21. The summed E-state index contributed by atoms with van der Waals surface area (Å²) in [6.45, 7) is 1.19. The van der Waals surface area contributed by atoms with Crippen LogP contribution in [0, 0.1) is 6.92 Å². The minimum Gasteiger partial charge on any atom is -0.321 e. The third-order valence-electron chi connectivity index (χ3n) is 1.80. The lowest BCUT2D eigenvalue weighted by molar-refractivity contribution is 0.145. The minimum absolute atomic E-state index is 0.207. The van der Waals surface area contributed by atoms with Crippen molar-refractivity contribution in [3.05, 3.63) is 27.7 Å². The Morgan fingerprint density at radius 3 is 2.40 bits per heavy atom. The van der Waals surface area contributed by atoms with Crippen LogP contribution in [0.2, 0.25) is 0 Å². The molecule has 0 saturated heterocycles. The van der Waals surface area contributed by atoms with E-state index in [0.717, 1.165) is 0 Å². The van der Waals surface area contributed by atoms with Gasteiger partial charge in [0.25, 0.3) is 12.0 Å². The summed E-state index contributed by atoms with van der Waals surface area (Å²) in [5, 5.41) is 4.77. The summed E-state index contributed by atoms with van der Waals surface area (Å²) in [4.78, 5) is 12.4. The van der Waals surface area contributed by atoms with Crippen molar-refractivity contribution >= 4 is 10.0 Å². The Balaban J connectivity index is 3.60. The summed E-state index contributed by atoms with van der Waals surface area (Å²) >= 11 is 0. The fraction of sp³-hybridized carbons (Fsp3) is 0.286. The number of H-pyrrole nitrogens is 1. The molecular weight excluding hydrogens is 230 g/mol. The van der Waals surface area contributed by atoms with Gasteiger partial charge in [0.15, 0.2) is 0 Å². The zero-order valence-electron chi connectivity index (χ0n) is 7.62. The maximum Gasteiger partial charge on any atom is 0.278 e. The summed E-state index contributed by atoms with van der Waals surface area (Å²) in [6.07, 6.45) is -2.96. The fourth-order valence-corrected chi connectivity index (χ4v) is 1.85. The van der Waals surface area contributed by atoms with Crippen molar-refractivity contribution in [1.29, 1.82) is 0 Å². The van der Waals surface area contributed by atoms with E-state index in [9.17, 15) is 22.0 Å². The van der Waals surface area contributed by atoms with Gasteiger partial charge in [0.1, 0.15) is 0 Å². The lowest BCUT2D eigenvalue weighted by atomic mass is 10.2. The standard InChI is InChI=1S/C7H8F2N2O3S/c1-3-5(15(10,13)14)2-4(6(8)9)11-7(3)12/h2,6H,1H3,(H,11,12)(H2,10,13,14). The largest absolute Gasteiger partial charge is 0.321 e. The molecule has 0 amide bonds. The molecule has 0 spiro atoms. The number of sulfonamides is 1. The maximum atomic E-state index is 12.2. The Morgan fingerprint density at radius 2 is 2.00 bits per heavy atom. The van der Waals surface area contributed by atoms with Gasteiger partial charge < -0.3 is 4.98 Å². The van der Waals surface area contributed by atoms with Gasteiger partial charge in [0, 0.05) is 5.56 Å². The van der Waals surface area contributed by atoms with Crippen LogP contribution in [0.25, 0.3) is 0 Å². The Labute approximate surface area is 84.0 Å². The molecule has 1 rings (SSSR count). The molecule has 0 radical (unpaired) electrons. The Bertz CT molecular complexity index is 536. The molecule has 0 aliphatic heterocycles.